The molecule has 1 atom stereocenters. The van der Waals surface area contributed by atoms with Crippen LogP contribution in [-0.4, -0.2) is 41.3 Å². The quantitative estimate of drug-likeness (QED) is 0.932. The summed E-state index contributed by atoms with van der Waals surface area (Å²) in [5.41, 5.74) is 4.18. The summed E-state index contributed by atoms with van der Waals surface area (Å²) in [4.78, 5) is 6.97. The first kappa shape index (κ1) is 17.0. The summed E-state index contributed by atoms with van der Waals surface area (Å²) in [7, 11) is 1.68. The summed E-state index contributed by atoms with van der Waals surface area (Å²) in [6, 6.07) is 3.96. The molecule has 0 amide bonds. The second-order valence-electron chi connectivity index (χ2n) is 6.62. The Bertz CT molecular complexity index is 724. The standard InChI is InChI=1S/C19H26N2O3/c1-12-13(2)18(23-4)8-7-16(12)19-20-17(14(3)24-19)11-21-9-5-6-15(22)10-21/h7-8,15,22H,5-6,9-11H2,1-4H3/t15-/m1/s1. The molecule has 1 saturated heterocycles. The molecule has 0 radical (unpaired) electrons. The number of oxazole rings is 1. The zero-order chi connectivity index (χ0) is 17.3. The van der Waals surface area contributed by atoms with Crippen LogP contribution >= 0.6 is 0 Å². The first-order valence-corrected chi connectivity index (χ1v) is 8.51. The number of aliphatic hydroxyl groups is 1. The van der Waals surface area contributed by atoms with Crippen molar-refractivity contribution in [2.24, 2.45) is 0 Å². The van der Waals surface area contributed by atoms with E-state index in [1.807, 2.05) is 26.0 Å². The maximum atomic E-state index is 9.83. The SMILES string of the molecule is COc1ccc(-c2nc(CN3CCC[C@@H](O)C3)c(C)o2)c(C)c1C. The van der Waals surface area contributed by atoms with E-state index in [1.165, 1.54) is 0 Å². The minimum atomic E-state index is -0.225. The highest BCUT2D eigenvalue weighted by Gasteiger charge is 2.21. The van der Waals surface area contributed by atoms with E-state index < -0.39 is 0 Å². The molecule has 5 heteroatoms. The van der Waals surface area contributed by atoms with Crippen LogP contribution in [0.1, 0.15) is 35.4 Å². The van der Waals surface area contributed by atoms with Gasteiger partial charge in [-0.05, 0) is 63.4 Å². The van der Waals surface area contributed by atoms with Crippen molar-refractivity contribution < 1.29 is 14.3 Å². The van der Waals surface area contributed by atoms with Gasteiger partial charge in [-0.25, -0.2) is 4.98 Å². The fourth-order valence-corrected chi connectivity index (χ4v) is 3.33. The predicted octanol–water partition coefficient (Wildman–Crippen LogP) is 3.23. The van der Waals surface area contributed by atoms with Gasteiger partial charge in [-0.15, -0.1) is 0 Å². The summed E-state index contributed by atoms with van der Waals surface area (Å²) in [6.07, 6.45) is 1.70. The third kappa shape index (κ3) is 3.32. The molecule has 3 rings (SSSR count). The Labute approximate surface area is 143 Å². The molecule has 130 valence electrons. The lowest BCUT2D eigenvalue weighted by molar-refractivity contribution is 0.0660. The van der Waals surface area contributed by atoms with Crippen molar-refractivity contribution in [2.75, 3.05) is 20.2 Å². The van der Waals surface area contributed by atoms with Crippen LogP contribution in [-0.2, 0) is 6.54 Å². The summed E-state index contributed by atoms with van der Waals surface area (Å²) in [6.45, 7) is 8.50. The third-order valence-corrected chi connectivity index (χ3v) is 4.93. The summed E-state index contributed by atoms with van der Waals surface area (Å²) < 4.78 is 11.3. The minimum Gasteiger partial charge on any atom is -0.496 e. The molecular formula is C19H26N2O3. The van der Waals surface area contributed by atoms with Gasteiger partial charge in [0, 0.05) is 18.7 Å². The number of piperidine rings is 1. The van der Waals surface area contributed by atoms with Crippen molar-refractivity contribution in [3.05, 3.63) is 34.7 Å². The fourth-order valence-electron chi connectivity index (χ4n) is 3.33. The van der Waals surface area contributed by atoms with E-state index in [9.17, 15) is 5.11 Å². The van der Waals surface area contributed by atoms with Crippen molar-refractivity contribution in [3.8, 4) is 17.2 Å². The smallest absolute Gasteiger partial charge is 0.226 e. The van der Waals surface area contributed by atoms with Gasteiger partial charge >= 0.3 is 0 Å². The minimum absolute atomic E-state index is 0.225. The van der Waals surface area contributed by atoms with E-state index in [4.69, 9.17) is 14.1 Å². The third-order valence-electron chi connectivity index (χ3n) is 4.93. The highest BCUT2D eigenvalue weighted by Crippen LogP contribution is 2.31. The number of ether oxygens (including phenoxy) is 1. The number of hydrogen-bond donors (Lipinski definition) is 1. The first-order chi connectivity index (χ1) is 11.5. The number of nitrogens with zero attached hydrogens (tertiary/aromatic N) is 2. The average Bonchev–Trinajstić information content (AvgIpc) is 2.90. The maximum Gasteiger partial charge on any atom is 0.226 e. The van der Waals surface area contributed by atoms with Gasteiger partial charge in [-0.2, -0.15) is 0 Å². The number of β-amino-alcohol motifs (C(OH)–C–C–N with tert-alkyl or cyclic N) is 1. The summed E-state index contributed by atoms with van der Waals surface area (Å²) in [5, 5.41) is 9.83. The number of benzene rings is 1. The van der Waals surface area contributed by atoms with E-state index in [0.29, 0.717) is 12.4 Å². The number of likely N-dealkylation sites (tertiary alicyclic amines) is 1. The molecule has 1 aromatic carbocycles. The Morgan fingerprint density at radius 1 is 1.29 bits per heavy atom. The lowest BCUT2D eigenvalue weighted by Crippen LogP contribution is -2.37. The number of rotatable bonds is 4. The van der Waals surface area contributed by atoms with Crippen LogP contribution in [0.25, 0.3) is 11.5 Å². The van der Waals surface area contributed by atoms with Gasteiger partial charge in [0.2, 0.25) is 5.89 Å². The molecule has 1 aliphatic heterocycles. The molecule has 0 aliphatic carbocycles. The van der Waals surface area contributed by atoms with Gasteiger partial charge in [0.25, 0.3) is 0 Å². The van der Waals surface area contributed by atoms with Crippen molar-refractivity contribution in [2.45, 2.75) is 46.3 Å². The van der Waals surface area contributed by atoms with Crippen molar-refractivity contribution >= 4 is 0 Å². The zero-order valence-corrected chi connectivity index (χ0v) is 14.9. The number of aryl methyl sites for hydroxylation is 1. The second-order valence-corrected chi connectivity index (χ2v) is 6.62. The Morgan fingerprint density at radius 3 is 2.79 bits per heavy atom. The van der Waals surface area contributed by atoms with Crippen LogP contribution < -0.4 is 4.74 Å². The Hall–Kier alpha value is -1.85. The van der Waals surface area contributed by atoms with E-state index >= 15 is 0 Å². The maximum absolute atomic E-state index is 9.83. The molecule has 0 bridgehead atoms. The molecule has 5 nitrogen and oxygen atoms in total. The second kappa shape index (κ2) is 6.95. The molecule has 1 fully saturated rings. The average molecular weight is 330 g/mol. The Kier molecular flexibility index (Phi) is 4.92. The van der Waals surface area contributed by atoms with Crippen LogP contribution in [0.2, 0.25) is 0 Å². The van der Waals surface area contributed by atoms with Crippen LogP contribution in [0.15, 0.2) is 16.5 Å². The Morgan fingerprint density at radius 2 is 2.08 bits per heavy atom. The summed E-state index contributed by atoms with van der Waals surface area (Å²) in [5.74, 6) is 2.38. The molecular weight excluding hydrogens is 304 g/mol. The van der Waals surface area contributed by atoms with Gasteiger partial charge in [0.05, 0.1) is 18.9 Å². The van der Waals surface area contributed by atoms with Crippen LogP contribution in [0.3, 0.4) is 0 Å². The number of aromatic nitrogens is 1. The van der Waals surface area contributed by atoms with E-state index in [2.05, 4.69) is 11.8 Å². The number of hydrogen-bond acceptors (Lipinski definition) is 5. The van der Waals surface area contributed by atoms with Crippen LogP contribution in [0, 0.1) is 20.8 Å². The molecule has 1 aromatic heterocycles. The predicted molar refractivity (Wildman–Crippen MR) is 93.2 cm³/mol. The highest BCUT2D eigenvalue weighted by molar-refractivity contribution is 5.63. The lowest BCUT2D eigenvalue weighted by atomic mass is 10.0. The normalized spacial score (nSPS) is 18.8. The first-order valence-electron chi connectivity index (χ1n) is 8.51. The number of aliphatic hydroxyl groups excluding tert-OH is 1. The lowest BCUT2D eigenvalue weighted by Gasteiger charge is -2.29. The van der Waals surface area contributed by atoms with Gasteiger partial charge < -0.3 is 14.3 Å². The van der Waals surface area contributed by atoms with E-state index in [-0.39, 0.29) is 6.10 Å². The molecule has 1 aliphatic rings. The summed E-state index contributed by atoms with van der Waals surface area (Å²) >= 11 is 0. The van der Waals surface area contributed by atoms with Crippen LogP contribution in [0.4, 0.5) is 0 Å². The molecule has 0 saturated carbocycles. The van der Waals surface area contributed by atoms with Gasteiger partial charge in [-0.1, -0.05) is 0 Å². The topological polar surface area (TPSA) is 58.7 Å². The van der Waals surface area contributed by atoms with Gasteiger partial charge in [-0.3, -0.25) is 4.90 Å². The monoisotopic (exact) mass is 330 g/mol. The van der Waals surface area contributed by atoms with Crippen molar-refractivity contribution in [3.63, 3.8) is 0 Å². The molecule has 0 unspecified atom stereocenters. The fraction of sp³-hybridized carbons (Fsp3) is 0.526. The highest BCUT2D eigenvalue weighted by atomic mass is 16.5. The molecule has 2 aromatic rings. The van der Waals surface area contributed by atoms with Crippen molar-refractivity contribution in [1.29, 1.82) is 0 Å². The Balaban J connectivity index is 1.85. The zero-order valence-electron chi connectivity index (χ0n) is 14.9. The molecule has 2 heterocycles. The molecule has 24 heavy (non-hydrogen) atoms. The van der Waals surface area contributed by atoms with Gasteiger partial charge in [0.1, 0.15) is 11.5 Å². The number of methoxy groups -OCH3 is 1. The van der Waals surface area contributed by atoms with E-state index in [1.54, 1.807) is 7.11 Å². The molecule has 0 spiro atoms. The van der Waals surface area contributed by atoms with Crippen molar-refractivity contribution in [1.82, 2.24) is 9.88 Å². The molecule has 1 N–H and O–H groups in total. The largest absolute Gasteiger partial charge is 0.496 e. The van der Waals surface area contributed by atoms with Crippen LogP contribution in [0.5, 0.6) is 5.75 Å². The van der Waals surface area contributed by atoms with E-state index in [0.717, 1.165) is 59.8 Å². The van der Waals surface area contributed by atoms with Gasteiger partial charge in [0.15, 0.2) is 0 Å².